The molecule has 0 fully saturated rings. The Hall–Kier alpha value is -2.18. The Balaban J connectivity index is 0.00000135. The summed E-state index contributed by atoms with van der Waals surface area (Å²) in [6.45, 7) is 6.14. The fourth-order valence-electron chi connectivity index (χ4n) is 1.33. The number of aliphatic hydroxyl groups excluding tert-OH is 2. The van der Waals surface area contributed by atoms with E-state index in [1.54, 1.807) is 18.2 Å². The highest BCUT2D eigenvalue weighted by Crippen LogP contribution is 2.12. The maximum absolute atomic E-state index is 11.8. The molecule has 0 saturated carbocycles. The molecule has 1 aromatic carbocycles. The van der Waals surface area contributed by atoms with Gasteiger partial charge in [0, 0.05) is 0 Å². The van der Waals surface area contributed by atoms with E-state index in [2.05, 4.69) is 6.58 Å². The average molecular weight is 310 g/mol. The van der Waals surface area contributed by atoms with E-state index in [0.717, 1.165) is 0 Å². The molecule has 0 aromatic heterocycles. The van der Waals surface area contributed by atoms with Crippen LogP contribution < -0.4 is 0 Å². The summed E-state index contributed by atoms with van der Waals surface area (Å²) in [6, 6.07) is 6.03. The SMILES string of the molecule is C=CC.CC(O)COC(=O)c1ccccc1C(=O)OCCO. The van der Waals surface area contributed by atoms with E-state index in [0.29, 0.717) is 0 Å². The molecular weight excluding hydrogens is 288 g/mol. The fraction of sp³-hybridized carbons (Fsp3) is 0.375. The number of allylic oxidation sites excluding steroid dienone is 1. The second kappa shape index (κ2) is 11.5. The van der Waals surface area contributed by atoms with Gasteiger partial charge in [0.25, 0.3) is 0 Å². The molecule has 0 amide bonds. The molecule has 0 aliphatic heterocycles. The lowest BCUT2D eigenvalue weighted by molar-refractivity contribution is 0.0285. The van der Waals surface area contributed by atoms with Crippen molar-refractivity contribution in [2.75, 3.05) is 19.8 Å². The third kappa shape index (κ3) is 7.56. The van der Waals surface area contributed by atoms with Crippen molar-refractivity contribution >= 4 is 11.9 Å². The van der Waals surface area contributed by atoms with E-state index in [1.165, 1.54) is 19.1 Å². The van der Waals surface area contributed by atoms with Gasteiger partial charge in [0.1, 0.15) is 13.2 Å². The van der Waals surface area contributed by atoms with Gasteiger partial charge >= 0.3 is 11.9 Å². The molecule has 6 nitrogen and oxygen atoms in total. The van der Waals surface area contributed by atoms with Crippen molar-refractivity contribution in [2.45, 2.75) is 20.0 Å². The number of benzene rings is 1. The molecule has 1 rings (SSSR count). The first-order chi connectivity index (χ1) is 10.5. The first kappa shape index (κ1) is 19.8. The van der Waals surface area contributed by atoms with Crippen LogP contribution in [0.3, 0.4) is 0 Å². The molecule has 0 aliphatic rings. The lowest BCUT2D eigenvalue weighted by Gasteiger charge is -2.10. The summed E-state index contributed by atoms with van der Waals surface area (Å²) in [5, 5.41) is 17.6. The summed E-state index contributed by atoms with van der Waals surface area (Å²) in [5.41, 5.74) is 0.123. The van der Waals surface area contributed by atoms with Gasteiger partial charge in [0.05, 0.1) is 23.8 Å². The number of carbonyl (C=O) groups excluding carboxylic acids is 2. The zero-order valence-corrected chi connectivity index (χ0v) is 12.8. The minimum atomic E-state index is -0.780. The Morgan fingerprint density at radius 1 is 1.23 bits per heavy atom. The molecular formula is C16H22O6. The zero-order chi connectivity index (χ0) is 17.0. The van der Waals surface area contributed by atoms with Gasteiger partial charge in [-0.05, 0) is 26.0 Å². The number of esters is 2. The monoisotopic (exact) mass is 310 g/mol. The molecule has 0 bridgehead atoms. The van der Waals surface area contributed by atoms with Crippen LogP contribution in [0, 0.1) is 0 Å². The normalized spacial score (nSPS) is 10.7. The summed E-state index contributed by atoms with van der Waals surface area (Å²) in [5.74, 6) is -1.42. The maximum atomic E-state index is 11.8. The van der Waals surface area contributed by atoms with E-state index < -0.39 is 18.0 Å². The van der Waals surface area contributed by atoms with Gasteiger partial charge in [0.2, 0.25) is 0 Å². The summed E-state index contributed by atoms with van der Waals surface area (Å²) < 4.78 is 9.59. The summed E-state index contributed by atoms with van der Waals surface area (Å²) in [6.07, 6.45) is 0.970. The molecule has 0 heterocycles. The van der Waals surface area contributed by atoms with Crippen molar-refractivity contribution in [3.8, 4) is 0 Å². The van der Waals surface area contributed by atoms with E-state index >= 15 is 0 Å². The molecule has 0 saturated heterocycles. The number of hydrogen-bond acceptors (Lipinski definition) is 6. The number of hydrogen-bond donors (Lipinski definition) is 2. The number of rotatable bonds is 6. The van der Waals surface area contributed by atoms with Gasteiger partial charge in [-0.2, -0.15) is 0 Å². The zero-order valence-electron chi connectivity index (χ0n) is 12.8. The minimum Gasteiger partial charge on any atom is -0.460 e. The second-order valence-electron chi connectivity index (χ2n) is 4.26. The Labute approximate surface area is 130 Å². The van der Waals surface area contributed by atoms with Crippen molar-refractivity contribution in [1.29, 1.82) is 0 Å². The van der Waals surface area contributed by atoms with Gasteiger partial charge in [-0.1, -0.05) is 18.2 Å². The van der Waals surface area contributed by atoms with Crippen LogP contribution in [0.5, 0.6) is 0 Å². The van der Waals surface area contributed by atoms with Gasteiger partial charge < -0.3 is 19.7 Å². The number of ether oxygens (including phenoxy) is 2. The third-order valence-electron chi connectivity index (χ3n) is 2.15. The van der Waals surface area contributed by atoms with Crippen molar-refractivity contribution < 1.29 is 29.3 Å². The summed E-state index contributed by atoms with van der Waals surface area (Å²) in [4.78, 5) is 23.4. The van der Waals surface area contributed by atoms with Gasteiger partial charge in [-0.3, -0.25) is 0 Å². The topological polar surface area (TPSA) is 93.1 Å². The van der Waals surface area contributed by atoms with Crippen LogP contribution in [0.4, 0.5) is 0 Å². The highest BCUT2D eigenvalue weighted by molar-refractivity contribution is 6.03. The molecule has 0 radical (unpaired) electrons. The fourth-order valence-corrected chi connectivity index (χ4v) is 1.33. The van der Waals surface area contributed by atoms with Crippen molar-refractivity contribution in [3.05, 3.63) is 48.0 Å². The maximum Gasteiger partial charge on any atom is 0.339 e. The van der Waals surface area contributed by atoms with E-state index in [-0.39, 0.29) is 30.9 Å². The number of aliphatic hydroxyl groups is 2. The van der Waals surface area contributed by atoms with Crippen molar-refractivity contribution in [1.82, 2.24) is 0 Å². The van der Waals surface area contributed by atoms with Crippen LogP contribution in [-0.4, -0.2) is 48.1 Å². The second-order valence-corrected chi connectivity index (χ2v) is 4.26. The standard InChI is InChI=1S/C13H16O6.C3H6/c1-9(15)8-19-13(17)11-5-3-2-4-10(11)12(16)18-7-6-14;1-3-2/h2-5,9,14-15H,6-8H2,1H3;3H,1H2,2H3. The smallest absolute Gasteiger partial charge is 0.339 e. The van der Waals surface area contributed by atoms with Crippen LogP contribution in [-0.2, 0) is 9.47 Å². The predicted octanol–water partition coefficient (Wildman–Crippen LogP) is 1.57. The lowest BCUT2D eigenvalue weighted by Crippen LogP contribution is -2.19. The predicted molar refractivity (Wildman–Crippen MR) is 81.6 cm³/mol. The Bertz CT molecular complexity index is 481. The minimum absolute atomic E-state index is 0.0612. The molecule has 1 unspecified atom stereocenters. The molecule has 1 aromatic rings. The van der Waals surface area contributed by atoms with Gasteiger partial charge in [-0.15, -0.1) is 6.58 Å². The molecule has 1 atom stereocenters. The van der Waals surface area contributed by atoms with E-state index in [9.17, 15) is 9.59 Å². The lowest BCUT2D eigenvalue weighted by atomic mass is 10.1. The van der Waals surface area contributed by atoms with Gasteiger partial charge in [-0.25, -0.2) is 9.59 Å². The highest BCUT2D eigenvalue weighted by atomic mass is 16.5. The quantitative estimate of drug-likeness (QED) is 0.612. The molecule has 122 valence electrons. The molecule has 0 spiro atoms. The van der Waals surface area contributed by atoms with Crippen LogP contribution in [0.25, 0.3) is 0 Å². The first-order valence-corrected chi connectivity index (χ1v) is 6.77. The molecule has 6 heteroatoms. The van der Waals surface area contributed by atoms with Crippen LogP contribution >= 0.6 is 0 Å². The van der Waals surface area contributed by atoms with E-state index in [1.807, 2.05) is 6.92 Å². The van der Waals surface area contributed by atoms with Crippen LogP contribution in [0.2, 0.25) is 0 Å². The third-order valence-corrected chi connectivity index (χ3v) is 2.15. The highest BCUT2D eigenvalue weighted by Gasteiger charge is 2.19. The first-order valence-electron chi connectivity index (χ1n) is 6.77. The molecule has 2 N–H and O–H groups in total. The molecule has 0 aliphatic carbocycles. The van der Waals surface area contributed by atoms with E-state index in [4.69, 9.17) is 19.7 Å². The Morgan fingerprint density at radius 2 is 1.68 bits per heavy atom. The van der Waals surface area contributed by atoms with Crippen molar-refractivity contribution in [3.63, 3.8) is 0 Å². The van der Waals surface area contributed by atoms with Crippen molar-refractivity contribution in [2.24, 2.45) is 0 Å². The Kier molecular flexibility index (Phi) is 10.3. The summed E-state index contributed by atoms with van der Waals surface area (Å²) >= 11 is 0. The molecule has 22 heavy (non-hydrogen) atoms. The van der Waals surface area contributed by atoms with Gasteiger partial charge in [0.15, 0.2) is 0 Å². The Morgan fingerprint density at radius 3 is 2.09 bits per heavy atom. The average Bonchev–Trinajstić information content (AvgIpc) is 2.51. The van der Waals surface area contributed by atoms with Crippen LogP contribution in [0.15, 0.2) is 36.9 Å². The summed E-state index contributed by atoms with van der Waals surface area (Å²) in [7, 11) is 0. The largest absolute Gasteiger partial charge is 0.460 e. The number of carbonyl (C=O) groups is 2. The van der Waals surface area contributed by atoms with Crippen LogP contribution in [0.1, 0.15) is 34.6 Å².